The predicted octanol–water partition coefficient (Wildman–Crippen LogP) is 4.67. The molecule has 12 heteroatoms. The second-order valence-corrected chi connectivity index (χ2v) is 29.6. The van der Waals surface area contributed by atoms with Crippen LogP contribution in [0.5, 0.6) is 0 Å². The Morgan fingerprint density at radius 1 is 0.781 bits per heavy atom. The molecule has 7 nitrogen and oxygen atoms in total. The summed E-state index contributed by atoms with van der Waals surface area (Å²) >= 11 is 0. The zero-order valence-corrected chi connectivity index (χ0v) is 27.6. The van der Waals surface area contributed by atoms with Crippen molar-refractivity contribution in [3.8, 4) is 0 Å². The SMILES string of the molecule is CCCCC[Si](C)(O[SiH](C)O[Si](C)(C)C)O[Si](C)(CCCOCC(O)CO)O[Si](C)(C)C. The Hall–Kier alpha value is 0.804. The third kappa shape index (κ3) is 17.3. The van der Waals surface area contributed by atoms with E-state index in [1.165, 1.54) is 12.8 Å². The van der Waals surface area contributed by atoms with Gasteiger partial charge in [0.15, 0.2) is 16.6 Å². The summed E-state index contributed by atoms with van der Waals surface area (Å²) in [7, 11) is -10.3. The van der Waals surface area contributed by atoms with Gasteiger partial charge in [-0.15, -0.1) is 0 Å². The van der Waals surface area contributed by atoms with Gasteiger partial charge in [0.2, 0.25) is 0 Å². The minimum Gasteiger partial charge on any atom is -0.439 e. The molecule has 194 valence electrons. The van der Waals surface area contributed by atoms with Crippen LogP contribution in [0.15, 0.2) is 0 Å². The lowest BCUT2D eigenvalue weighted by Gasteiger charge is -2.42. The number of hydrogen-bond donors (Lipinski definition) is 2. The molecule has 0 rings (SSSR count). The highest BCUT2D eigenvalue weighted by Crippen LogP contribution is 2.30. The molecule has 32 heavy (non-hydrogen) atoms. The van der Waals surface area contributed by atoms with E-state index < -0.39 is 49.1 Å². The van der Waals surface area contributed by atoms with E-state index in [1.807, 2.05) is 0 Å². The summed E-state index contributed by atoms with van der Waals surface area (Å²) < 4.78 is 32.2. The van der Waals surface area contributed by atoms with Crippen LogP contribution in [0.4, 0.5) is 0 Å². The summed E-state index contributed by atoms with van der Waals surface area (Å²) in [6, 6.07) is 1.78. The highest BCUT2D eigenvalue weighted by atomic mass is 28.5. The van der Waals surface area contributed by atoms with Crippen LogP contribution < -0.4 is 0 Å². The summed E-state index contributed by atoms with van der Waals surface area (Å²) in [5, 5.41) is 18.4. The molecule has 0 saturated carbocycles. The summed E-state index contributed by atoms with van der Waals surface area (Å²) in [6.45, 7) is 22.3. The van der Waals surface area contributed by atoms with E-state index in [4.69, 9.17) is 26.3 Å². The fourth-order valence-electron chi connectivity index (χ4n) is 3.70. The standard InChI is InChI=1S/C20H52O7Si5/c1-11-12-13-16-31(9,25-28(2)24-29(3,4)5)27-32(10,26-30(6,7)8)17-14-15-23-19-20(22)18-21/h20-22,28H,11-19H2,1-10H3. The molecule has 0 bridgehead atoms. The van der Waals surface area contributed by atoms with Crippen LogP contribution in [-0.2, 0) is 21.2 Å². The summed E-state index contributed by atoms with van der Waals surface area (Å²) in [5.74, 6) is 0. The van der Waals surface area contributed by atoms with Gasteiger partial charge in [-0.25, -0.2) is 0 Å². The number of hydrogen-bond acceptors (Lipinski definition) is 7. The molecule has 0 saturated heterocycles. The Labute approximate surface area is 203 Å². The number of rotatable bonds is 19. The lowest BCUT2D eigenvalue weighted by atomic mass is 10.3. The molecule has 4 unspecified atom stereocenters. The average Bonchev–Trinajstić information content (AvgIpc) is 2.57. The Bertz CT molecular complexity index is 504. The third-order valence-electron chi connectivity index (χ3n) is 4.56. The molecule has 0 aromatic carbocycles. The van der Waals surface area contributed by atoms with Gasteiger partial charge in [-0.2, -0.15) is 0 Å². The van der Waals surface area contributed by atoms with Crippen molar-refractivity contribution in [2.24, 2.45) is 0 Å². The molecule has 0 aromatic rings. The van der Waals surface area contributed by atoms with Crippen LogP contribution in [-0.4, -0.2) is 79.2 Å². The average molecular weight is 545 g/mol. The molecule has 0 aromatic heterocycles. The highest BCUT2D eigenvalue weighted by Gasteiger charge is 2.45. The smallest absolute Gasteiger partial charge is 0.317 e. The van der Waals surface area contributed by atoms with Crippen molar-refractivity contribution >= 4 is 43.0 Å². The van der Waals surface area contributed by atoms with Crippen molar-refractivity contribution in [1.82, 2.24) is 0 Å². The molecule has 0 spiro atoms. The molecule has 0 aliphatic carbocycles. The topological polar surface area (TPSA) is 86.6 Å². The van der Waals surface area contributed by atoms with Crippen LogP contribution in [0.1, 0.15) is 32.6 Å². The van der Waals surface area contributed by atoms with Crippen molar-refractivity contribution in [2.75, 3.05) is 19.8 Å². The second kappa shape index (κ2) is 15.0. The first kappa shape index (κ1) is 32.8. The maximum absolute atomic E-state index is 9.46. The van der Waals surface area contributed by atoms with Crippen molar-refractivity contribution in [1.29, 1.82) is 0 Å². The zero-order chi connectivity index (χ0) is 25.1. The minimum atomic E-state index is -2.51. The maximum atomic E-state index is 9.46. The molecular formula is C20H52O7Si5. The van der Waals surface area contributed by atoms with Gasteiger partial charge in [-0.05, 0) is 77.4 Å². The summed E-state index contributed by atoms with van der Waals surface area (Å²) in [4.78, 5) is 0. The maximum Gasteiger partial charge on any atom is 0.317 e. The van der Waals surface area contributed by atoms with Crippen LogP contribution in [0.3, 0.4) is 0 Å². The number of aliphatic hydroxyl groups excluding tert-OH is 2. The van der Waals surface area contributed by atoms with E-state index in [1.54, 1.807) is 0 Å². The Kier molecular flexibility index (Phi) is 15.4. The van der Waals surface area contributed by atoms with Gasteiger partial charge in [0.05, 0.1) is 13.2 Å². The lowest BCUT2D eigenvalue weighted by Crippen LogP contribution is -2.57. The van der Waals surface area contributed by atoms with Crippen LogP contribution in [0.2, 0.25) is 71.0 Å². The second-order valence-electron chi connectivity index (χ2n) is 11.0. The molecule has 0 heterocycles. The molecule has 2 N–H and O–H groups in total. The summed E-state index contributed by atoms with van der Waals surface area (Å²) in [5.41, 5.74) is 0. The first-order valence-corrected chi connectivity index (χ1v) is 26.1. The normalized spacial score (nSPS) is 18.8. The van der Waals surface area contributed by atoms with Crippen molar-refractivity contribution in [3.05, 3.63) is 0 Å². The van der Waals surface area contributed by atoms with Crippen LogP contribution >= 0.6 is 0 Å². The van der Waals surface area contributed by atoms with E-state index in [0.29, 0.717) is 6.61 Å². The Morgan fingerprint density at radius 2 is 1.38 bits per heavy atom. The first-order valence-electron chi connectivity index (χ1n) is 12.2. The highest BCUT2D eigenvalue weighted by molar-refractivity contribution is 6.88. The Morgan fingerprint density at radius 3 is 1.88 bits per heavy atom. The van der Waals surface area contributed by atoms with Crippen molar-refractivity contribution in [3.63, 3.8) is 0 Å². The van der Waals surface area contributed by atoms with Gasteiger partial charge in [0.25, 0.3) is 9.28 Å². The molecule has 0 amide bonds. The van der Waals surface area contributed by atoms with E-state index in [0.717, 1.165) is 24.9 Å². The molecular weight excluding hydrogens is 493 g/mol. The van der Waals surface area contributed by atoms with Crippen LogP contribution in [0.25, 0.3) is 0 Å². The molecule has 0 radical (unpaired) electrons. The van der Waals surface area contributed by atoms with Gasteiger partial charge in [-0.1, -0.05) is 26.2 Å². The molecule has 0 aliphatic rings. The number of unbranched alkanes of at least 4 members (excludes halogenated alkanes) is 2. The zero-order valence-electron chi connectivity index (χ0n) is 22.5. The van der Waals surface area contributed by atoms with Gasteiger partial charge in [0.1, 0.15) is 6.10 Å². The fraction of sp³-hybridized carbons (Fsp3) is 1.00. The third-order valence-corrected chi connectivity index (χ3v) is 22.2. The largest absolute Gasteiger partial charge is 0.439 e. The first-order chi connectivity index (χ1) is 14.5. The van der Waals surface area contributed by atoms with Crippen molar-refractivity contribution < 1.29 is 31.4 Å². The number of ether oxygens (including phenoxy) is 1. The van der Waals surface area contributed by atoms with Gasteiger partial charge < -0.3 is 31.4 Å². The number of aliphatic hydroxyl groups is 2. The molecule has 0 aliphatic heterocycles. The van der Waals surface area contributed by atoms with Crippen LogP contribution in [0, 0.1) is 0 Å². The fourth-order valence-corrected chi connectivity index (χ4v) is 24.5. The van der Waals surface area contributed by atoms with Crippen molar-refractivity contribution in [2.45, 2.75) is 110 Å². The monoisotopic (exact) mass is 544 g/mol. The quantitative estimate of drug-likeness (QED) is 0.180. The Balaban J connectivity index is 5.35. The predicted molar refractivity (Wildman–Crippen MR) is 145 cm³/mol. The summed E-state index contributed by atoms with van der Waals surface area (Å²) in [6.07, 6.45) is 3.42. The van der Waals surface area contributed by atoms with E-state index in [-0.39, 0.29) is 13.2 Å². The molecule has 4 atom stereocenters. The van der Waals surface area contributed by atoms with E-state index in [9.17, 15) is 5.11 Å². The van der Waals surface area contributed by atoms with Gasteiger partial charge in [-0.3, -0.25) is 0 Å². The van der Waals surface area contributed by atoms with Gasteiger partial charge in [0, 0.05) is 6.61 Å². The van der Waals surface area contributed by atoms with Gasteiger partial charge >= 0.3 is 17.1 Å². The van der Waals surface area contributed by atoms with E-state index in [2.05, 4.69) is 65.8 Å². The minimum absolute atomic E-state index is 0.147. The lowest BCUT2D eigenvalue weighted by molar-refractivity contribution is 0.00623. The molecule has 0 fully saturated rings. The van der Waals surface area contributed by atoms with E-state index >= 15 is 0 Å².